The van der Waals surface area contributed by atoms with Crippen LogP contribution in [-0.2, 0) is 11.8 Å². The fourth-order valence-corrected chi connectivity index (χ4v) is 2.83. The van der Waals surface area contributed by atoms with E-state index in [1.54, 1.807) is 23.1 Å². The summed E-state index contributed by atoms with van der Waals surface area (Å²) in [7, 11) is 1.87. The number of nitrogens with zero attached hydrogens (tertiary/aromatic N) is 5. The van der Waals surface area contributed by atoms with Crippen LogP contribution in [-0.4, -0.2) is 30.5 Å². The van der Waals surface area contributed by atoms with Gasteiger partial charge in [0.25, 0.3) is 0 Å². The normalized spacial score (nSPS) is 19.2. The Balaban J connectivity index is 1.45. The molecule has 24 heavy (non-hydrogen) atoms. The van der Waals surface area contributed by atoms with E-state index in [4.69, 9.17) is 0 Å². The highest BCUT2D eigenvalue weighted by Crippen LogP contribution is 2.47. The number of rotatable bonds is 4. The minimum atomic E-state index is -0.475. The van der Waals surface area contributed by atoms with E-state index >= 15 is 0 Å². The molecule has 1 N–H and O–H groups in total. The maximum Gasteiger partial charge on any atom is 0.229 e. The standard InChI is InChI=1S/C16H15FN6O/c1-22-13(4-7-19-22)10-9-11(10)16(24)20-14-5-8-23(21-14)15-12(17)3-2-6-18-15/h2-8,10-11H,9H2,1H3,(H,20,21,24)/t10-,11-/m1/s1. The topological polar surface area (TPSA) is 77.6 Å². The summed E-state index contributed by atoms with van der Waals surface area (Å²) in [5.74, 6) is 0.00716. The molecule has 2 atom stereocenters. The van der Waals surface area contributed by atoms with Crippen molar-refractivity contribution in [2.24, 2.45) is 13.0 Å². The maximum atomic E-state index is 13.7. The number of aromatic nitrogens is 5. The van der Waals surface area contributed by atoms with Gasteiger partial charge in [-0.3, -0.25) is 9.48 Å². The Morgan fingerprint density at radius 3 is 2.96 bits per heavy atom. The van der Waals surface area contributed by atoms with Crippen LogP contribution in [0.4, 0.5) is 10.2 Å². The van der Waals surface area contributed by atoms with Gasteiger partial charge in [0, 0.05) is 49.2 Å². The summed E-state index contributed by atoms with van der Waals surface area (Å²) in [4.78, 5) is 16.3. The molecule has 0 unspecified atom stereocenters. The van der Waals surface area contributed by atoms with E-state index in [0.717, 1.165) is 12.1 Å². The van der Waals surface area contributed by atoms with Gasteiger partial charge in [0.2, 0.25) is 5.91 Å². The van der Waals surface area contributed by atoms with Crippen molar-refractivity contribution in [1.29, 1.82) is 0 Å². The SMILES string of the molecule is Cn1nccc1[C@@H]1C[C@H]1C(=O)Nc1ccn(-c2ncccc2F)n1. The number of hydrogen-bond acceptors (Lipinski definition) is 4. The second-order valence-corrected chi connectivity index (χ2v) is 5.77. The van der Waals surface area contributed by atoms with Gasteiger partial charge in [0.05, 0.1) is 0 Å². The van der Waals surface area contributed by atoms with Gasteiger partial charge in [-0.25, -0.2) is 14.1 Å². The number of carbonyl (C=O) groups is 1. The molecule has 1 saturated carbocycles. The summed E-state index contributed by atoms with van der Waals surface area (Å²) in [5, 5.41) is 11.1. The molecule has 122 valence electrons. The molecule has 8 heteroatoms. The molecule has 7 nitrogen and oxygen atoms in total. The number of aryl methyl sites for hydroxylation is 1. The van der Waals surface area contributed by atoms with E-state index in [0.29, 0.717) is 5.82 Å². The minimum absolute atomic E-state index is 0.0860. The molecule has 0 saturated heterocycles. The zero-order chi connectivity index (χ0) is 16.7. The summed E-state index contributed by atoms with van der Waals surface area (Å²) in [6, 6.07) is 6.37. The zero-order valence-corrected chi connectivity index (χ0v) is 12.9. The molecule has 3 heterocycles. The molecule has 3 aromatic heterocycles. The largest absolute Gasteiger partial charge is 0.309 e. The maximum absolute atomic E-state index is 13.7. The molecular weight excluding hydrogens is 311 g/mol. The van der Waals surface area contributed by atoms with E-state index in [-0.39, 0.29) is 23.6 Å². The molecular formula is C16H15FN6O. The van der Waals surface area contributed by atoms with E-state index in [2.05, 4.69) is 20.5 Å². The fourth-order valence-electron chi connectivity index (χ4n) is 2.83. The molecule has 0 aliphatic heterocycles. The van der Waals surface area contributed by atoms with E-state index in [9.17, 15) is 9.18 Å². The number of hydrogen-bond donors (Lipinski definition) is 1. The molecule has 1 aliphatic rings. The van der Waals surface area contributed by atoms with Gasteiger partial charge in [-0.05, 0) is 24.6 Å². The Morgan fingerprint density at radius 2 is 2.21 bits per heavy atom. The number of carbonyl (C=O) groups excluding carboxylic acids is 1. The van der Waals surface area contributed by atoms with Crippen molar-refractivity contribution in [1.82, 2.24) is 24.5 Å². The number of nitrogens with one attached hydrogen (secondary N) is 1. The Bertz CT molecular complexity index is 901. The molecule has 1 amide bonds. The lowest BCUT2D eigenvalue weighted by atomic mass is 10.2. The van der Waals surface area contributed by atoms with Gasteiger partial charge >= 0.3 is 0 Å². The van der Waals surface area contributed by atoms with E-state index in [1.165, 1.54) is 23.0 Å². The summed E-state index contributed by atoms with van der Waals surface area (Å²) in [5.41, 5.74) is 1.05. The van der Waals surface area contributed by atoms with Crippen LogP contribution < -0.4 is 5.32 Å². The number of anilines is 1. The van der Waals surface area contributed by atoms with Gasteiger partial charge in [0.15, 0.2) is 17.5 Å². The molecule has 4 rings (SSSR count). The molecule has 0 radical (unpaired) electrons. The third kappa shape index (κ3) is 2.55. The van der Waals surface area contributed by atoms with Crippen molar-refractivity contribution < 1.29 is 9.18 Å². The molecule has 3 aromatic rings. The Labute approximate surface area is 137 Å². The van der Waals surface area contributed by atoms with Crippen LogP contribution in [0.3, 0.4) is 0 Å². The van der Waals surface area contributed by atoms with Crippen LogP contribution in [0, 0.1) is 11.7 Å². The van der Waals surface area contributed by atoms with Crippen LogP contribution in [0.15, 0.2) is 42.9 Å². The smallest absolute Gasteiger partial charge is 0.229 e. The number of pyridine rings is 1. The highest BCUT2D eigenvalue weighted by Gasteiger charge is 2.45. The average Bonchev–Trinajstić information content (AvgIpc) is 3.03. The van der Waals surface area contributed by atoms with Crippen molar-refractivity contribution >= 4 is 11.7 Å². The van der Waals surface area contributed by atoms with Gasteiger partial charge in [-0.1, -0.05) is 0 Å². The quantitative estimate of drug-likeness (QED) is 0.794. The van der Waals surface area contributed by atoms with Crippen LogP contribution in [0.2, 0.25) is 0 Å². The number of halogens is 1. The van der Waals surface area contributed by atoms with Crippen molar-refractivity contribution in [3.8, 4) is 5.82 Å². The van der Waals surface area contributed by atoms with Crippen molar-refractivity contribution in [3.05, 3.63) is 54.4 Å². The fraction of sp³-hybridized carbons (Fsp3) is 0.250. The monoisotopic (exact) mass is 326 g/mol. The van der Waals surface area contributed by atoms with Gasteiger partial charge in [0.1, 0.15) is 0 Å². The van der Waals surface area contributed by atoms with Crippen LogP contribution in [0.25, 0.3) is 5.82 Å². The third-order valence-corrected chi connectivity index (χ3v) is 4.16. The van der Waals surface area contributed by atoms with Crippen LogP contribution >= 0.6 is 0 Å². The van der Waals surface area contributed by atoms with E-state index < -0.39 is 5.82 Å². The van der Waals surface area contributed by atoms with Crippen LogP contribution in [0.1, 0.15) is 18.0 Å². The second kappa shape index (κ2) is 5.55. The first-order chi connectivity index (χ1) is 11.6. The molecule has 1 aliphatic carbocycles. The first kappa shape index (κ1) is 14.6. The highest BCUT2D eigenvalue weighted by atomic mass is 19.1. The molecule has 0 aromatic carbocycles. The zero-order valence-electron chi connectivity index (χ0n) is 12.9. The van der Waals surface area contributed by atoms with Gasteiger partial charge in [-0.15, -0.1) is 5.10 Å². The molecule has 0 spiro atoms. The van der Waals surface area contributed by atoms with Crippen molar-refractivity contribution in [3.63, 3.8) is 0 Å². The van der Waals surface area contributed by atoms with Gasteiger partial charge < -0.3 is 5.32 Å². The first-order valence-electron chi connectivity index (χ1n) is 7.59. The Morgan fingerprint density at radius 1 is 1.33 bits per heavy atom. The first-order valence-corrected chi connectivity index (χ1v) is 7.59. The molecule has 0 bridgehead atoms. The summed E-state index contributed by atoms with van der Waals surface area (Å²) < 4.78 is 16.8. The summed E-state index contributed by atoms with van der Waals surface area (Å²) >= 11 is 0. The van der Waals surface area contributed by atoms with Crippen LogP contribution in [0.5, 0.6) is 0 Å². The van der Waals surface area contributed by atoms with E-state index in [1.807, 2.05) is 13.1 Å². The Hall–Kier alpha value is -3.03. The summed E-state index contributed by atoms with van der Waals surface area (Å²) in [6.45, 7) is 0. The van der Waals surface area contributed by atoms with Crippen molar-refractivity contribution in [2.45, 2.75) is 12.3 Å². The lowest BCUT2D eigenvalue weighted by Gasteiger charge is -2.03. The predicted molar refractivity (Wildman–Crippen MR) is 84.0 cm³/mol. The third-order valence-electron chi connectivity index (χ3n) is 4.16. The lowest BCUT2D eigenvalue weighted by molar-refractivity contribution is -0.117. The summed E-state index contributed by atoms with van der Waals surface area (Å²) in [6.07, 6.45) is 5.57. The minimum Gasteiger partial charge on any atom is -0.309 e. The highest BCUT2D eigenvalue weighted by molar-refractivity contribution is 5.94. The second-order valence-electron chi connectivity index (χ2n) is 5.77. The predicted octanol–water partition coefficient (Wildman–Crippen LogP) is 1.88. The average molecular weight is 326 g/mol. The number of amides is 1. The van der Waals surface area contributed by atoms with Crippen molar-refractivity contribution in [2.75, 3.05) is 5.32 Å². The molecule has 1 fully saturated rings. The lowest BCUT2D eigenvalue weighted by Crippen LogP contribution is -2.15. The van der Waals surface area contributed by atoms with Gasteiger partial charge in [-0.2, -0.15) is 5.10 Å². The Kier molecular flexibility index (Phi) is 3.37.